The third-order valence-electron chi connectivity index (χ3n) is 5.21. The lowest BCUT2D eigenvalue weighted by molar-refractivity contribution is 0.0923. The van der Waals surface area contributed by atoms with Gasteiger partial charge in [0.05, 0.1) is 34.6 Å². The Kier molecular flexibility index (Phi) is 7.73. The van der Waals surface area contributed by atoms with Gasteiger partial charge >= 0.3 is 6.03 Å². The average Bonchev–Trinajstić information content (AvgIpc) is 3.55. The predicted octanol–water partition coefficient (Wildman–Crippen LogP) is 2.28. The lowest BCUT2D eigenvalue weighted by Gasteiger charge is -2.13. The van der Waals surface area contributed by atoms with Gasteiger partial charge in [-0.05, 0) is 41.1 Å². The number of thiazole rings is 1. The van der Waals surface area contributed by atoms with E-state index in [-0.39, 0.29) is 23.4 Å². The molecule has 1 aliphatic rings. The van der Waals surface area contributed by atoms with E-state index < -0.39 is 16.1 Å². The predicted molar refractivity (Wildman–Crippen MR) is 130 cm³/mol. The van der Waals surface area contributed by atoms with Crippen LogP contribution in [0.25, 0.3) is 0 Å². The SMILES string of the molecule is Cn1nnnc1Sc1sc(NC(=O)Nc2cnccc2C(=O)C2CCCC2)nc1CNS(C)(=O)=O. The second-order valence-electron chi connectivity index (χ2n) is 7.88. The Bertz CT molecular complexity index is 1330. The van der Waals surface area contributed by atoms with Gasteiger partial charge in [0.25, 0.3) is 0 Å². The Hall–Kier alpha value is -2.95. The van der Waals surface area contributed by atoms with Crippen LogP contribution in [-0.4, -0.2) is 56.7 Å². The summed E-state index contributed by atoms with van der Waals surface area (Å²) in [7, 11) is -1.79. The molecule has 3 aromatic rings. The van der Waals surface area contributed by atoms with Gasteiger partial charge in [-0.3, -0.25) is 15.1 Å². The third-order valence-corrected chi connectivity index (χ3v) is 8.14. The van der Waals surface area contributed by atoms with Crippen LogP contribution in [0.5, 0.6) is 0 Å². The third kappa shape index (κ3) is 6.59. The Labute approximate surface area is 209 Å². The van der Waals surface area contributed by atoms with Crippen molar-refractivity contribution in [1.82, 2.24) is 34.9 Å². The molecule has 0 aliphatic heterocycles. The van der Waals surface area contributed by atoms with Crippen molar-refractivity contribution in [2.24, 2.45) is 13.0 Å². The first-order chi connectivity index (χ1) is 16.7. The topological polar surface area (TPSA) is 174 Å². The van der Waals surface area contributed by atoms with Gasteiger partial charge in [-0.25, -0.2) is 27.6 Å². The van der Waals surface area contributed by atoms with Gasteiger partial charge in [0.2, 0.25) is 15.2 Å². The molecule has 186 valence electrons. The Morgan fingerprint density at radius 1 is 1.26 bits per heavy atom. The van der Waals surface area contributed by atoms with Crippen molar-refractivity contribution in [1.29, 1.82) is 0 Å². The van der Waals surface area contributed by atoms with Crippen molar-refractivity contribution in [2.75, 3.05) is 16.9 Å². The van der Waals surface area contributed by atoms with Crippen LogP contribution in [0.2, 0.25) is 0 Å². The number of pyridine rings is 1. The van der Waals surface area contributed by atoms with Crippen LogP contribution in [-0.2, 0) is 23.6 Å². The fraction of sp³-hybridized carbons (Fsp3) is 0.421. The van der Waals surface area contributed by atoms with Gasteiger partial charge in [0, 0.05) is 24.7 Å². The molecule has 1 saturated carbocycles. The molecule has 0 aromatic carbocycles. The number of sulfonamides is 1. The molecule has 3 aromatic heterocycles. The average molecular weight is 538 g/mol. The lowest BCUT2D eigenvalue weighted by atomic mass is 9.96. The number of anilines is 2. The number of nitrogens with one attached hydrogen (secondary N) is 3. The number of hydrogen-bond acceptors (Lipinski definition) is 11. The highest BCUT2D eigenvalue weighted by Gasteiger charge is 2.26. The number of carbonyl (C=O) groups is 2. The maximum Gasteiger partial charge on any atom is 0.325 e. The quantitative estimate of drug-likeness (QED) is 0.344. The second kappa shape index (κ2) is 10.8. The summed E-state index contributed by atoms with van der Waals surface area (Å²) in [6, 6.07) is 1.00. The van der Waals surface area contributed by atoms with Crippen LogP contribution in [0.1, 0.15) is 41.7 Å². The van der Waals surface area contributed by atoms with Crippen LogP contribution in [0, 0.1) is 5.92 Å². The lowest BCUT2D eigenvalue weighted by Crippen LogP contribution is -2.23. The molecule has 2 amide bonds. The molecule has 3 heterocycles. The zero-order valence-corrected chi connectivity index (χ0v) is 21.3. The smallest absolute Gasteiger partial charge is 0.305 e. The number of tetrazole rings is 1. The summed E-state index contributed by atoms with van der Waals surface area (Å²) in [5.41, 5.74) is 1.14. The van der Waals surface area contributed by atoms with Crippen molar-refractivity contribution in [2.45, 2.75) is 41.6 Å². The van der Waals surface area contributed by atoms with Crippen LogP contribution in [0.4, 0.5) is 15.6 Å². The van der Waals surface area contributed by atoms with Crippen LogP contribution in [0.15, 0.2) is 27.8 Å². The molecule has 1 fully saturated rings. The molecule has 4 rings (SSSR count). The number of carbonyl (C=O) groups excluding carboxylic acids is 2. The zero-order chi connectivity index (χ0) is 25.0. The molecule has 35 heavy (non-hydrogen) atoms. The zero-order valence-electron chi connectivity index (χ0n) is 18.9. The molecule has 1 aliphatic carbocycles. The highest BCUT2D eigenvalue weighted by atomic mass is 32.2. The van der Waals surface area contributed by atoms with E-state index in [1.54, 1.807) is 13.1 Å². The van der Waals surface area contributed by atoms with Crippen molar-refractivity contribution in [3.8, 4) is 0 Å². The molecule has 0 saturated heterocycles. The Morgan fingerprint density at radius 3 is 2.71 bits per heavy atom. The fourth-order valence-electron chi connectivity index (χ4n) is 3.54. The number of ketones is 1. The van der Waals surface area contributed by atoms with Crippen molar-refractivity contribution < 1.29 is 18.0 Å². The highest BCUT2D eigenvalue weighted by Crippen LogP contribution is 2.36. The van der Waals surface area contributed by atoms with E-state index in [1.807, 2.05) is 0 Å². The van der Waals surface area contributed by atoms with Gasteiger partial charge in [0.15, 0.2) is 10.9 Å². The number of rotatable bonds is 9. The Balaban J connectivity index is 1.50. The van der Waals surface area contributed by atoms with Crippen LogP contribution < -0.4 is 15.4 Å². The monoisotopic (exact) mass is 537 g/mol. The normalized spacial score (nSPS) is 14.2. The number of urea groups is 1. The fourth-order valence-corrected chi connectivity index (χ4v) is 5.92. The summed E-state index contributed by atoms with van der Waals surface area (Å²) >= 11 is 2.33. The Morgan fingerprint density at radius 2 is 2.03 bits per heavy atom. The highest BCUT2D eigenvalue weighted by molar-refractivity contribution is 8.01. The summed E-state index contributed by atoms with van der Waals surface area (Å²) in [6.07, 6.45) is 7.75. The van der Waals surface area contributed by atoms with Crippen LogP contribution >= 0.6 is 23.1 Å². The number of nitrogens with zero attached hydrogens (tertiary/aromatic N) is 6. The van der Waals surface area contributed by atoms with Crippen molar-refractivity contribution in [3.63, 3.8) is 0 Å². The summed E-state index contributed by atoms with van der Waals surface area (Å²) in [4.78, 5) is 34.0. The molecule has 0 atom stereocenters. The molecule has 16 heteroatoms. The molecule has 0 spiro atoms. The molecule has 0 radical (unpaired) electrons. The molecule has 3 N–H and O–H groups in total. The van der Waals surface area contributed by atoms with E-state index in [4.69, 9.17) is 0 Å². The summed E-state index contributed by atoms with van der Waals surface area (Å²) in [6.45, 7) is -0.0745. The van der Waals surface area contributed by atoms with Crippen molar-refractivity contribution in [3.05, 3.63) is 29.7 Å². The second-order valence-corrected chi connectivity index (χ2v) is 11.9. The number of amides is 2. The van der Waals surface area contributed by atoms with Gasteiger partial charge in [0.1, 0.15) is 0 Å². The number of Topliss-reactive ketones (excluding diaryl/α,β-unsaturated/α-hetero) is 1. The minimum absolute atomic E-state index is 0.000410. The standard InChI is InChI=1S/C19H23N9O4S3/c1-28-19(25-26-27-28)34-16-14(10-21-35(2,31)32)23-18(33-16)24-17(30)22-13-9-20-8-7-12(13)15(29)11-5-3-4-6-11/h7-9,11,21H,3-6,10H2,1-2H3,(H2,22,23,24,30). The van der Waals surface area contributed by atoms with Gasteiger partial charge in [-0.1, -0.05) is 24.2 Å². The van der Waals surface area contributed by atoms with Gasteiger partial charge in [-0.2, -0.15) is 0 Å². The largest absolute Gasteiger partial charge is 0.325 e. The summed E-state index contributed by atoms with van der Waals surface area (Å²) < 4.78 is 27.6. The molecular formula is C19H23N9O4S3. The molecule has 13 nitrogen and oxygen atoms in total. The summed E-state index contributed by atoms with van der Waals surface area (Å²) in [5, 5.41) is 17.3. The van der Waals surface area contributed by atoms with E-state index in [0.29, 0.717) is 26.3 Å². The number of aryl methyl sites for hydroxylation is 1. The maximum atomic E-state index is 12.9. The first-order valence-electron chi connectivity index (χ1n) is 10.6. The minimum atomic E-state index is -3.46. The van der Waals surface area contributed by atoms with Gasteiger partial charge < -0.3 is 5.32 Å². The van der Waals surface area contributed by atoms with E-state index in [9.17, 15) is 18.0 Å². The van der Waals surface area contributed by atoms with Crippen LogP contribution in [0.3, 0.4) is 0 Å². The number of hydrogen-bond donors (Lipinski definition) is 3. The van der Waals surface area contributed by atoms with E-state index in [0.717, 1.165) is 43.3 Å². The summed E-state index contributed by atoms with van der Waals surface area (Å²) in [5.74, 6) is -0.0425. The maximum absolute atomic E-state index is 12.9. The number of aromatic nitrogens is 6. The van der Waals surface area contributed by atoms with E-state index in [2.05, 4.69) is 40.8 Å². The molecular weight excluding hydrogens is 514 g/mol. The minimum Gasteiger partial charge on any atom is -0.305 e. The van der Waals surface area contributed by atoms with E-state index in [1.165, 1.54) is 28.8 Å². The van der Waals surface area contributed by atoms with Gasteiger partial charge in [-0.15, -0.1) is 5.10 Å². The van der Waals surface area contributed by atoms with Crippen molar-refractivity contribution >= 4 is 55.8 Å². The first kappa shape index (κ1) is 25.2. The first-order valence-corrected chi connectivity index (χ1v) is 14.1. The van der Waals surface area contributed by atoms with E-state index >= 15 is 0 Å². The molecule has 0 bridgehead atoms. The molecule has 0 unspecified atom stereocenters.